The monoisotopic (exact) mass is 377 g/mol. The number of nitrogens with zero attached hydrogens (tertiary/aromatic N) is 7. The van der Waals surface area contributed by atoms with Gasteiger partial charge in [0.2, 0.25) is 11.7 Å². The maximum atomic E-state index is 12.2. The van der Waals surface area contributed by atoms with Crippen LogP contribution in [0.2, 0.25) is 0 Å². The minimum Gasteiger partial charge on any atom is -0.462 e. The lowest BCUT2D eigenvalue weighted by Gasteiger charge is -2.05. The van der Waals surface area contributed by atoms with Crippen LogP contribution in [0.3, 0.4) is 0 Å². The molecule has 1 aromatic carbocycles. The Bertz CT molecular complexity index is 1050. The average Bonchev–Trinajstić information content (AvgIpc) is 3.44. The molecule has 0 aliphatic heterocycles. The molecular weight excluding hydrogens is 362 g/mol. The van der Waals surface area contributed by atoms with E-state index >= 15 is 0 Å². The molecule has 10 heteroatoms. The highest BCUT2D eigenvalue weighted by atomic mass is 16.5. The number of pyridine rings is 1. The summed E-state index contributed by atoms with van der Waals surface area (Å²) in [5, 5.41) is 14.9. The highest BCUT2D eigenvalue weighted by molar-refractivity contribution is 5.90. The molecule has 0 saturated heterocycles. The lowest BCUT2D eigenvalue weighted by atomic mass is 10.2. The number of hydrogen-bond donors (Lipinski definition) is 0. The van der Waals surface area contributed by atoms with Gasteiger partial charge in [-0.1, -0.05) is 11.2 Å². The van der Waals surface area contributed by atoms with Gasteiger partial charge >= 0.3 is 5.97 Å². The third kappa shape index (κ3) is 4.06. The molecule has 140 valence electrons. The van der Waals surface area contributed by atoms with E-state index < -0.39 is 5.97 Å². The predicted molar refractivity (Wildman–Crippen MR) is 95.3 cm³/mol. The topological polar surface area (TPSA) is 122 Å². The molecule has 0 unspecified atom stereocenters. The van der Waals surface area contributed by atoms with Crippen LogP contribution < -0.4 is 0 Å². The van der Waals surface area contributed by atoms with E-state index in [-0.39, 0.29) is 6.61 Å². The first kappa shape index (κ1) is 17.5. The van der Waals surface area contributed by atoms with E-state index in [2.05, 4.69) is 30.7 Å². The fourth-order valence-corrected chi connectivity index (χ4v) is 2.50. The van der Waals surface area contributed by atoms with Crippen LogP contribution in [0.1, 0.15) is 22.7 Å². The quantitative estimate of drug-likeness (QED) is 0.351. The predicted octanol–water partition coefficient (Wildman–Crippen LogP) is 1.90. The number of ether oxygens (including phenoxy) is 1. The number of tetrazole rings is 1. The minimum absolute atomic E-state index is 0.235. The molecule has 0 radical (unpaired) electrons. The van der Waals surface area contributed by atoms with E-state index in [1.165, 1.54) is 11.0 Å². The molecule has 0 saturated carbocycles. The summed E-state index contributed by atoms with van der Waals surface area (Å²) in [6, 6.07) is 10.5. The first-order valence-electron chi connectivity index (χ1n) is 8.53. The average molecular weight is 377 g/mol. The third-order valence-electron chi connectivity index (χ3n) is 3.85. The van der Waals surface area contributed by atoms with Gasteiger partial charge < -0.3 is 9.26 Å². The summed E-state index contributed by atoms with van der Waals surface area (Å²) in [6.07, 6.45) is 5.87. The summed E-state index contributed by atoms with van der Waals surface area (Å²) < 4.78 is 12.0. The zero-order valence-electron chi connectivity index (χ0n) is 14.7. The van der Waals surface area contributed by atoms with Crippen molar-refractivity contribution in [3.05, 3.63) is 66.6 Å². The van der Waals surface area contributed by atoms with Gasteiger partial charge in [-0.25, -0.2) is 9.48 Å². The fraction of sp³-hybridized carbons (Fsp3) is 0.167. The van der Waals surface area contributed by atoms with E-state index in [1.807, 2.05) is 6.07 Å². The second-order valence-corrected chi connectivity index (χ2v) is 5.80. The highest BCUT2D eigenvalue weighted by Crippen LogP contribution is 2.14. The van der Waals surface area contributed by atoms with Gasteiger partial charge in [0, 0.05) is 24.4 Å². The van der Waals surface area contributed by atoms with Crippen molar-refractivity contribution in [2.75, 3.05) is 6.61 Å². The summed E-state index contributed by atoms with van der Waals surface area (Å²) >= 11 is 0. The van der Waals surface area contributed by atoms with Crippen LogP contribution >= 0.6 is 0 Å². The second kappa shape index (κ2) is 8.16. The molecule has 0 aliphatic carbocycles. The van der Waals surface area contributed by atoms with Crippen LogP contribution in [0.25, 0.3) is 17.1 Å². The Labute approximate surface area is 159 Å². The molecule has 0 atom stereocenters. The Morgan fingerprint density at radius 3 is 3.00 bits per heavy atom. The summed E-state index contributed by atoms with van der Waals surface area (Å²) in [4.78, 5) is 20.6. The van der Waals surface area contributed by atoms with Crippen LogP contribution in [0.5, 0.6) is 0 Å². The molecular formula is C18H15N7O3. The molecule has 0 spiro atoms. The van der Waals surface area contributed by atoms with Gasteiger partial charge in [0.05, 0.1) is 17.9 Å². The number of esters is 1. The van der Waals surface area contributed by atoms with Crippen molar-refractivity contribution in [3.63, 3.8) is 0 Å². The summed E-state index contributed by atoms with van der Waals surface area (Å²) in [5.41, 5.74) is 1.88. The molecule has 4 aromatic rings. The fourth-order valence-electron chi connectivity index (χ4n) is 2.50. The van der Waals surface area contributed by atoms with Crippen LogP contribution in [0.4, 0.5) is 0 Å². The molecule has 0 N–H and O–H groups in total. The molecule has 4 rings (SSSR count). The van der Waals surface area contributed by atoms with Crippen LogP contribution in [-0.2, 0) is 11.2 Å². The van der Waals surface area contributed by atoms with Crippen molar-refractivity contribution < 1.29 is 14.1 Å². The van der Waals surface area contributed by atoms with Gasteiger partial charge in [-0.15, -0.1) is 5.10 Å². The standard InChI is InChI=1S/C18H15N7O3/c26-18(13-4-1-6-15(10-13)25-12-20-23-24-25)27-9-3-7-16-21-17(22-28-16)14-5-2-8-19-11-14/h1-2,4-6,8,10-12H,3,7,9H2. The number of rotatable bonds is 7. The van der Waals surface area contributed by atoms with Gasteiger partial charge in [0.25, 0.3) is 0 Å². The van der Waals surface area contributed by atoms with Crippen molar-refractivity contribution in [2.45, 2.75) is 12.8 Å². The van der Waals surface area contributed by atoms with Gasteiger partial charge in [0.15, 0.2) is 0 Å². The molecule has 3 aromatic heterocycles. The zero-order chi connectivity index (χ0) is 19.2. The van der Waals surface area contributed by atoms with Gasteiger partial charge in [-0.05, 0) is 47.2 Å². The van der Waals surface area contributed by atoms with Crippen LogP contribution in [0.15, 0.2) is 59.6 Å². The molecule has 10 nitrogen and oxygen atoms in total. The minimum atomic E-state index is -0.420. The highest BCUT2D eigenvalue weighted by Gasteiger charge is 2.11. The third-order valence-corrected chi connectivity index (χ3v) is 3.85. The Hall–Kier alpha value is -3.95. The number of aryl methyl sites for hydroxylation is 1. The van der Waals surface area contributed by atoms with Crippen molar-refractivity contribution in [2.24, 2.45) is 0 Å². The summed E-state index contributed by atoms with van der Waals surface area (Å²) in [6.45, 7) is 0.235. The van der Waals surface area contributed by atoms with Crippen molar-refractivity contribution >= 4 is 5.97 Å². The molecule has 0 amide bonds. The summed E-state index contributed by atoms with van der Waals surface area (Å²) in [5.74, 6) is 0.548. The lowest BCUT2D eigenvalue weighted by molar-refractivity contribution is 0.0498. The smallest absolute Gasteiger partial charge is 0.338 e. The lowest BCUT2D eigenvalue weighted by Crippen LogP contribution is -2.08. The van der Waals surface area contributed by atoms with E-state index in [1.54, 1.807) is 42.7 Å². The van der Waals surface area contributed by atoms with E-state index in [4.69, 9.17) is 9.26 Å². The largest absolute Gasteiger partial charge is 0.462 e. The van der Waals surface area contributed by atoms with E-state index in [9.17, 15) is 4.79 Å². The van der Waals surface area contributed by atoms with Crippen LogP contribution in [0, 0.1) is 0 Å². The van der Waals surface area contributed by atoms with E-state index in [0.29, 0.717) is 35.8 Å². The Morgan fingerprint density at radius 1 is 1.21 bits per heavy atom. The SMILES string of the molecule is O=C(OCCCc1nc(-c2cccnc2)no1)c1cccc(-n2cnnn2)c1. The molecule has 0 bridgehead atoms. The Morgan fingerprint density at radius 2 is 2.18 bits per heavy atom. The van der Waals surface area contributed by atoms with Gasteiger partial charge in [0.1, 0.15) is 6.33 Å². The zero-order valence-corrected chi connectivity index (χ0v) is 14.7. The molecule has 3 heterocycles. The first-order chi connectivity index (χ1) is 13.8. The van der Waals surface area contributed by atoms with Crippen LogP contribution in [-0.4, -0.2) is 47.9 Å². The normalized spacial score (nSPS) is 10.7. The van der Waals surface area contributed by atoms with Gasteiger partial charge in [-0.3, -0.25) is 4.98 Å². The maximum absolute atomic E-state index is 12.2. The Balaban J connectivity index is 1.28. The molecule has 0 fully saturated rings. The Kier molecular flexibility index (Phi) is 5.09. The summed E-state index contributed by atoms with van der Waals surface area (Å²) in [7, 11) is 0. The number of hydrogen-bond acceptors (Lipinski definition) is 9. The van der Waals surface area contributed by atoms with Gasteiger partial charge in [-0.2, -0.15) is 4.98 Å². The maximum Gasteiger partial charge on any atom is 0.338 e. The number of aromatic nitrogens is 7. The van der Waals surface area contributed by atoms with Crippen molar-refractivity contribution in [1.29, 1.82) is 0 Å². The first-order valence-corrected chi connectivity index (χ1v) is 8.53. The molecule has 0 aliphatic rings. The number of carbonyl (C=O) groups is 1. The number of benzene rings is 1. The van der Waals surface area contributed by atoms with Crippen molar-refractivity contribution in [3.8, 4) is 17.1 Å². The second-order valence-electron chi connectivity index (χ2n) is 5.80. The van der Waals surface area contributed by atoms with Crippen molar-refractivity contribution in [1.82, 2.24) is 35.3 Å². The number of carbonyl (C=O) groups excluding carboxylic acids is 1. The molecule has 28 heavy (non-hydrogen) atoms. The van der Waals surface area contributed by atoms with E-state index in [0.717, 1.165) is 5.56 Å².